The summed E-state index contributed by atoms with van der Waals surface area (Å²) in [6.07, 6.45) is 0. The van der Waals surface area contributed by atoms with Gasteiger partial charge >= 0.3 is 0 Å². The van der Waals surface area contributed by atoms with Gasteiger partial charge in [-0.2, -0.15) is 0 Å². The van der Waals surface area contributed by atoms with Gasteiger partial charge in [0.25, 0.3) is 0 Å². The molecule has 1 aliphatic rings. The Morgan fingerprint density at radius 1 is 1.08 bits per heavy atom. The van der Waals surface area contributed by atoms with Crippen LogP contribution in [0.3, 0.4) is 0 Å². The first-order chi connectivity index (χ1) is 6.26. The molecular formula is C9H18Cl2N2. The van der Waals surface area contributed by atoms with Crippen LogP contribution in [0.15, 0.2) is 0 Å². The van der Waals surface area contributed by atoms with Gasteiger partial charge in [0.15, 0.2) is 0 Å². The third-order valence-corrected chi connectivity index (χ3v) is 3.42. The summed E-state index contributed by atoms with van der Waals surface area (Å²) in [6.45, 7) is 5.69. The molecule has 13 heavy (non-hydrogen) atoms. The summed E-state index contributed by atoms with van der Waals surface area (Å²) in [4.78, 5) is 4.81. The van der Waals surface area contributed by atoms with Crippen molar-refractivity contribution in [1.82, 2.24) is 9.80 Å². The lowest BCUT2D eigenvalue weighted by atomic mass is 10.2. The van der Waals surface area contributed by atoms with Gasteiger partial charge < -0.3 is 9.80 Å². The van der Waals surface area contributed by atoms with E-state index in [1.54, 1.807) is 0 Å². The van der Waals surface area contributed by atoms with E-state index in [9.17, 15) is 0 Å². The minimum atomic E-state index is 0.451. The molecule has 0 aromatic carbocycles. The van der Waals surface area contributed by atoms with Crippen LogP contribution in [0.5, 0.6) is 0 Å². The van der Waals surface area contributed by atoms with Crippen LogP contribution in [0.1, 0.15) is 0 Å². The molecule has 1 heterocycles. The molecule has 1 saturated heterocycles. The van der Waals surface area contributed by atoms with Crippen LogP contribution in [-0.4, -0.2) is 61.3 Å². The Hall–Kier alpha value is 0.500. The summed E-state index contributed by atoms with van der Waals surface area (Å²) in [7, 11) is 2.16. The topological polar surface area (TPSA) is 6.48 Å². The van der Waals surface area contributed by atoms with Gasteiger partial charge in [-0.05, 0) is 13.0 Å². The van der Waals surface area contributed by atoms with Crippen LogP contribution < -0.4 is 0 Å². The van der Waals surface area contributed by atoms with Gasteiger partial charge in [-0.25, -0.2) is 0 Å². The minimum Gasteiger partial charge on any atom is -0.304 e. The number of hydrogen-bond donors (Lipinski definition) is 0. The van der Waals surface area contributed by atoms with Gasteiger partial charge in [0.1, 0.15) is 0 Å². The van der Waals surface area contributed by atoms with Crippen molar-refractivity contribution in [3.05, 3.63) is 0 Å². The molecule has 0 spiro atoms. The lowest BCUT2D eigenvalue weighted by Gasteiger charge is -2.33. The molecular weight excluding hydrogens is 207 g/mol. The molecule has 4 heteroatoms. The van der Waals surface area contributed by atoms with Crippen molar-refractivity contribution in [3.63, 3.8) is 0 Å². The fraction of sp³-hybridized carbons (Fsp3) is 1.00. The number of piperazine rings is 1. The monoisotopic (exact) mass is 224 g/mol. The fourth-order valence-electron chi connectivity index (χ4n) is 1.53. The Morgan fingerprint density at radius 2 is 1.62 bits per heavy atom. The molecule has 0 unspecified atom stereocenters. The molecule has 0 bridgehead atoms. The minimum absolute atomic E-state index is 0.451. The second-order valence-corrected chi connectivity index (χ2v) is 4.40. The Balaban J connectivity index is 2.21. The van der Waals surface area contributed by atoms with Crippen LogP contribution in [0.2, 0.25) is 0 Å². The van der Waals surface area contributed by atoms with Crippen molar-refractivity contribution in [3.8, 4) is 0 Å². The molecule has 0 saturated carbocycles. The standard InChI is InChI=1S/C9H18Cl2N2/c1-12-2-4-13(5-3-12)8-9(6-10)7-11/h9H,2-8H2,1H3. The van der Waals surface area contributed by atoms with E-state index < -0.39 is 0 Å². The predicted molar refractivity (Wildman–Crippen MR) is 58.9 cm³/mol. The first-order valence-corrected chi connectivity index (χ1v) is 5.86. The first kappa shape index (κ1) is 11.6. The van der Waals surface area contributed by atoms with Crippen molar-refractivity contribution in [2.75, 3.05) is 51.5 Å². The Labute approximate surface area is 90.8 Å². The highest BCUT2D eigenvalue weighted by molar-refractivity contribution is 6.20. The zero-order valence-electron chi connectivity index (χ0n) is 8.18. The fourth-order valence-corrected chi connectivity index (χ4v) is 2.06. The maximum atomic E-state index is 5.79. The maximum absolute atomic E-state index is 5.79. The largest absolute Gasteiger partial charge is 0.304 e. The lowest BCUT2D eigenvalue weighted by molar-refractivity contribution is 0.142. The lowest BCUT2D eigenvalue weighted by Crippen LogP contribution is -2.46. The predicted octanol–water partition coefficient (Wildman–Crippen LogP) is 1.33. The van der Waals surface area contributed by atoms with E-state index in [-0.39, 0.29) is 0 Å². The van der Waals surface area contributed by atoms with E-state index >= 15 is 0 Å². The van der Waals surface area contributed by atoms with Crippen molar-refractivity contribution in [1.29, 1.82) is 0 Å². The average Bonchev–Trinajstić information content (AvgIpc) is 2.17. The van der Waals surface area contributed by atoms with Crippen LogP contribution in [0.4, 0.5) is 0 Å². The molecule has 0 N–H and O–H groups in total. The smallest absolute Gasteiger partial charge is 0.0275 e. The van der Waals surface area contributed by atoms with E-state index in [4.69, 9.17) is 23.2 Å². The zero-order valence-corrected chi connectivity index (χ0v) is 9.69. The molecule has 78 valence electrons. The van der Waals surface area contributed by atoms with Crippen molar-refractivity contribution in [2.45, 2.75) is 0 Å². The van der Waals surface area contributed by atoms with Crippen LogP contribution in [0.25, 0.3) is 0 Å². The van der Waals surface area contributed by atoms with Crippen molar-refractivity contribution in [2.24, 2.45) is 5.92 Å². The summed E-state index contributed by atoms with van der Waals surface area (Å²) in [5.41, 5.74) is 0. The first-order valence-electron chi connectivity index (χ1n) is 4.79. The Morgan fingerprint density at radius 3 is 2.08 bits per heavy atom. The number of alkyl halides is 2. The number of nitrogens with zero attached hydrogens (tertiary/aromatic N) is 2. The van der Waals surface area contributed by atoms with E-state index in [0.717, 1.165) is 32.7 Å². The zero-order chi connectivity index (χ0) is 9.68. The van der Waals surface area contributed by atoms with Gasteiger partial charge in [0.05, 0.1) is 0 Å². The molecule has 0 aromatic rings. The van der Waals surface area contributed by atoms with E-state index in [1.807, 2.05) is 0 Å². The highest BCUT2D eigenvalue weighted by Crippen LogP contribution is 2.08. The SMILES string of the molecule is CN1CCN(CC(CCl)CCl)CC1. The van der Waals surface area contributed by atoms with Crippen molar-refractivity contribution < 1.29 is 0 Å². The highest BCUT2D eigenvalue weighted by atomic mass is 35.5. The second-order valence-electron chi connectivity index (χ2n) is 3.78. The van der Waals surface area contributed by atoms with E-state index in [1.165, 1.54) is 0 Å². The van der Waals surface area contributed by atoms with Gasteiger partial charge in [-0.1, -0.05) is 0 Å². The number of halogens is 2. The summed E-state index contributed by atoms with van der Waals surface area (Å²) in [5, 5.41) is 0. The Bertz CT molecular complexity index is 132. The second kappa shape index (κ2) is 6.07. The Kier molecular flexibility index (Phi) is 5.41. The van der Waals surface area contributed by atoms with Gasteiger partial charge in [0.2, 0.25) is 0 Å². The summed E-state index contributed by atoms with van der Waals surface area (Å²) in [5.74, 6) is 1.80. The average molecular weight is 225 g/mol. The highest BCUT2D eigenvalue weighted by Gasteiger charge is 2.16. The summed E-state index contributed by atoms with van der Waals surface area (Å²) < 4.78 is 0. The number of likely N-dealkylation sites (N-methyl/N-ethyl adjacent to an activating group) is 1. The molecule has 0 atom stereocenters. The van der Waals surface area contributed by atoms with Gasteiger partial charge in [-0.15, -0.1) is 23.2 Å². The van der Waals surface area contributed by atoms with Crippen LogP contribution in [-0.2, 0) is 0 Å². The van der Waals surface area contributed by atoms with E-state index in [0.29, 0.717) is 17.7 Å². The summed E-state index contributed by atoms with van der Waals surface area (Å²) in [6, 6.07) is 0. The number of hydrogen-bond acceptors (Lipinski definition) is 2. The third kappa shape index (κ3) is 4.03. The molecule has 1 fully saturated rings. The quantitative estimate of drug-likeness (QED) is 0.666. The van der Waals surface area contributed by atoms with Gasteiger partial charge in [0, 0.05) is 44.5 Å². The molecule has 2 nitrogen and oxygen atoms in total. The molecule has 1 aliphatic heterocycles. The van der Waals surface area contributed by atoms with Crippen LogP contribution >= 0.6 is 23.2 Å². The van der Waals surface area contributed by atoms with Gasteiger partial charge in [-0.3, -0.25) is 0 Å². The third-order valence-electron chi connectivity index (χ3n) is 2.55. The van der Waals surface area contributed by atoms with Crippen LogP contribution in [0, 0.1) is 5.92 Å². The molecule has 0 aliphatic carbocycles. The van der Waals surface area contributed by atoms with Crippen molar-refractivity contribution >= 4 is 23.2 Å². The maximum Gasteiger partial charge on any atom is 0.0275 e. The normalized spacial score (nSPS) is 21.2. The number of rotatable bonds is 4. The molecule has 0 aromatic heterocycles. The molecule has 0 amide bonds. The molecule has 1 rings (SSSR count). The van der Waals surface area contributed by atoms with E-state index in [2.05, 4.69) is 16.8 Å². The molecule has 0 radical (unpaired) electrons. The summed E-state index contributed by atoms with van der Waals surface area (Å²) >= 11 is 11.6.